The molecule has 6 nitrogen and oxygen atoms in total. The lowest BCUT2D eigenvalue weighted by molar-refractivity contribution is 0.811. The van der Waals surface area contributed by atoms with Gasteiger partial charge in [0.15, 0.2) is 34.9 Å². The van der Waals surface area contributed by atoms with Crippen LogP contribution in [0.4, 0.5) is 0 Å². The van der Waals surface area contributed by atoms with Crippen LogP contribution in [-0.4, -0.2) is 29.9 Å². The quantitative estimate of drug-likeness (QED) is 0.151. The smallest absolute Gasteiger partial charge is 0.164 e. The van der Waals surface area contributed by atoms with E-state index in [1.165, 1.54) is 102 Å². The van der Waals surface area contributed by atoms with E-state index in [0.717, 1.165) is 82.7 Å². The lowest BCUT2D eigenvalue weighted by atomic mass is 9.73. The Kier molecular flexibility index (Phi) is 12.7. The number of hydrogen-bond acceptors (Lipinski definition) is 8. The second kappa shape index (κ2) is 22.6. The van der Waals surface area contributed by atoms with Crippen molar-refractivity contribution in [3.63, 3.8) is 0 Å². The van der Waals surface area contributed by atoms with Crippen molar-refractivity contribution in [2.24, 2.45) is 0 Å². The van der Waals surface area contributed by atoms with Gasteiger partial charge in [0.2, 0.25) is 0 Å². The number of benzene rings is 15. The van der Waals surface area contributed by atoms with E-state index in [-0.39, 0.29) is 0 Å². The van der Waals surface area contributed by atoms with Gasteiger partial charge in [-0.1, -0.05) is 291 Å². The van der Waals surface area contributed by atoms with Crippen molar-refractivity contribution in [2.45, 2.75) is 10.8 Å². The van der Waals surface area contributed by atoms with Gasteiger partial charge in [0, 0.05) is 74.4 Å². The molecular formula is C98H56N6S2. The molecule has 8 heteroatoms. The Bertz CT molecular complexity index is 6960. The molecule has 4 aliphatic carbocycles. The first-order valence-corrected chi connectivity index (χ1v) is 37.7. The normalized spacial score (nSPS) is 14.3. The molecule has 106 heavy (non-hydrogen) atoms. The van der Waals surface area contributed by atoms with Gasteiger partial charge in [0.1, 0.15) is 0 Å². The van der Waals surface area contributed by atoms with Crippen molar-refractivity contribution in [1.82, 2.24) is 29.9 Å². The SMILES string of the molecule is c1ccc(-c2nc(-c3cccc(-c4ccc5c(c4)C4(c6ccccc6-c6ccccc64)c4sc6ccccc6c4-5)c3)nc(-c3ccc4cc(-c5cccc(-c6nc(-c7ccc8ccccc8c7)nc(-c7cccc8c7-c7ccccc7C87c8ccccc8-c8c7sc7ccccc87)n6)c5)ccc4c3)n2)cc1. The Morgan fingerprint density at radius 2 is 0.528 bits per heavy atom. The zero-order chi connectivity index (χ0) is 69.3. The van der Waals surface area contributed by atoms with Crippen LogP contribution in [0.3, 0.4) is 0 Å². The number of nitrogens with zero attached hydrogens (tertiary/aromatic N) is 6. The maximum absolute atomic E-state index is 5.56. The van der Waals surface area contributed by atoms with Gasteiger partial charge in [-0.2, -0.15) is 0 Å². The minimum atomic E-state index is -0.526. The van der Waals surface area contributed by atoms with E-state index in [1.807, 2.05) is 40.9 Å². The molecule has 0 radical (unpaired) electrons. The summed E-state index contributed by atoms with van der Waals surface area (Å²) in [5.41, 5.74) is 26.9. The molecule has 0 saturated heterocycles. The molecule has 0 N–H and O–H groups in total. The molecule has 4 aromatic heterocycles. The minimum Gasteiger partial charge on any atom is -0.208 e. The summed E-state index contributed by atoms with van der Waals surface area (Å²) in [6.07, 6.45) is 0. The first-order valence-electron chi connectivity index (χ1n) is 36.0. The van der Waals surface area contributed by atoms with Crippen molar-refractivity contribution in [2.75, 3.05) is 0 Å². The van der Waals surface area contributed by atoms with Gasteiger partial charge in [-0.3, -0.25) is 0 Å². The molecular weight excluding hydrogens is 1330 g/mol. The van der Waals surface area contributed by atoms with E-state index in [0.29, 0.717) is 34.9 Å². The summed E-state index contributed by atoms with van der Waals surface area (Å²) in [4.78, 5) is 35.1. The number of fused-ring (bicyclic) bond motifs is 26. The summed E-state index contributed by atoms with van der Waals surface area (Å²) in [7, 11) is 0. The van der Waals surface area contributed by atoms with Crippen LogP contribution in [-0.2, 0) is 10.8 Å². The van der Waals surface area contributed by atoms with E-state index in [2.05, 4.69) is 322 Å². The highest BCUT2D eigenvalue weighted by Crippen LogP contribution is 2.68. The highest BCUT2D eigenvalue weighted by atomic mass is 32.1. The van der Waals surface area contributed by atoms with Crippen LogP contribution in [0.25, 0.3) is 177 Å². The predicted octanol–water partition coefficient (Wildman–Crippen LogP) is 24.8. The summed E-state index contributed by atoms with van der Waals surface area (Å²) in [6.45, 7) is 0. The Morgan fingerprint density at radius 3 is 1.11 bits per heavy atom. The fourth-order valence-electron chi connectivity index (χ4n) is 18.2. The number of thiophene rings is 2. The molecule has 23 rings (SSSR count). The topological polar surface area (TPSA) is 77.3 Å². The molecule has 2 spiro atoms. The van der Waals surface area contributed by atoms with Crippen LogP contribution < -0.4 is 0 Å². The van der Waals surface area contributed by atoms with Crippen LogP contribution in [0.5, 0.6) is 0 Å². The highest BCUT2D eigenvalue weighted by Gasteiger charge is 2.55. The third-order valence-corrected chi connectivity index (χ3v) is 25.3. The summed E-state index contributed by atoms with van der Waals surface area (Å²) in [5, 5.41) is 7.04. The van der Waals surface area contributed by atoms with Gasteiger partial charge < -0.3 is 0 Å². The second-order valence-corrected chi connectivity index (χ2v) is 30.4. The molecule has 19 aromatic rings. The Morgan fingerprint density at radius 1 is 0.189 bits per heavy atom. The summed E-state index contributed by atoms with van der Waals surface area (Å²) in [6, 6.07) is 124. The van der Waals surface area contributed by atoms with Crippen LogP contribution in [0.1, 0.15) is 43.1 Å². The molecule has 15 aromatic carbocycles. The molecule has 4 heterocycles. The Balaban J connectivity index is 0.613. The van der Waals surface area contributed by atoms with Crippen LogP contribution in [0, 0.1) is 0 Å². The number of hydrogen-bond donors (Lipinski definition) is 0. The Hall–Kier alpha value is -13.2. The van der Waals surface area contributed by atoms with Crippen molar-refractivity contribution in [3.05, 3.63) is 383 Å². The van der Waals surface area contributed by atoms with Gasteiger partial charge in [-0.25, -0.2) is 29.9 Å². The van der Waals surface area contributed by atoms with Gasteiger partial charge in [-0.15, -0.1) is 22.7 Å². The van der Waals surface area contributed by atoms with Crippen molar-refractivity contribution >= 4 is 64.4 Å². The molecule has 0 fully saturated rings. The average Bonchev–Trinajstić information content (AvgIpc) is 1.51. The first kappa shape index (κ1) is 59.3. The van der Waals surface area contributed by atoms with E-state index in [4.69, 9.17) is 29.9 Å². The lowest BCUT2D eigenvalue weighted by Gasteiger charge is -2.29. The molecule has 1 atom stereocenters. The number of rotatable bonds is 8. The second-order valence-electron chi connectivity index (χ2n) is 28.3. The third-order valence-electron chi connectivity index (χ3n) is 22.7. The van der Waals surface area contributed by atoms with Crippen molar-refractivity contribution in [3.8, 4) is 135 Å². The van der Waals surface area contributed by atoms with Gasteiger partial charge in [0.05, 0.1) is 10.8 Å². The van der Waals surface area contributed by atoms with Crippen LogP contribution in [0.15, 0.2) is 340 Å². The number of aromatic nitrogens is 6. The fourth-order valence-corrected chi connectivity index (χ4v) is 21.1. The van der Waals surface area contributed by atoms with Gasteiger partial charge in [0.25, 0.3) is 0 Å². The first-order chi connectivity index (χ1) is 52.5. The standard InChI is InChI=1S/C98H56N6S2/c1-2-22-58(23-3-1)91-99-92(66-27-19-26-61(54-66)65-49-50-74-83(56-65)98(90-88(74)76-34-11-17-42-85(76)106-90)78-36-12-6-29-70(78)71-30-7-13-37-79(71)98)101-94(100-91)69-48-46-63-51-62(44-45-64(63)55-69)60-25-18-28-67(53-60)93-102-95(68-47-43-57-21-4-5-24-59(57)52-68)104-96(103-93)77-35-20-40-82-86(77)72-31-8-14-38-80(72)97(82)81-39-15-9-32-73(81)87-75-33-10-16-41-84(75)105-89(87)97/h1-56H. The zero-order valence-electron chi connectivity index (χ0n) is 56.8. The van der Waals surface area contributed by atoms with Gasteiger partial charge in [-0.05, 0) is 159 Å². The molecule has 0 amide bonds. The maximum Gasteiger partial charge on any atom is 0.164 e. The van der Waals surface area contributed by atoms with Crippen LogP contribution >= 0.6 is 22.7 Å². The molecule has 0 saturated carbocycles. The van der Waals surface area contributed by atoms with Crippen molar-refractivity contribution in [1.29, 1.82) is 0 Å². The average molecular weight is 1380 g/mol. The fraction of sp³-hybridized carbons (Fsp3) is 0.0204. The van der Waals surface area contributed by atoms with E-state index in [1.54, 1.807) is 0 Å². The van der Waals surface area contributed by atoms with Gasteiger partial charge >= 0.3 is 0 Å². The summed E-state index contributed by atoms with van der Waals surface area (Å²) < 4.78 is 2.61. The summed E-state index contributed by atoms with van der Waals surface area (Å²) >= 11 is 3.86. The maximum atomic E-state index is 5.56. The Labute approximate surface area is 618 Å². The predicted molar refractivity (Wildman–Crippen MR) is 435 cm³/mol. The van der Waals surface area contributed by atoms with E-state index < -0.39 is 10.8 Å². The van der Waals surface area contributed by atoms with Crippen molar-refractivity contribution < 1.29 is 0 Å². The molecule has 1 unspecified atom stereocenters. The van der Waals surface area contributed by atoms with E-state index >= 15 is 0 Å². The zero-order valence-corrected chi connectivity index (χ0v) is 58.5. The molecule has 490 valence electrons. The molecule has 4 aliphatic rings. The molecule has 0 bridgehead atoms. The van der Waals surface area contributed by atoms with E-state index in [9.17, 15) is 0 Å². The molecule has 0 aliphatic heterocycles. The lowest BCUT2D eigenvalue weighted by Crippen LogP contribution is -2.24. The third kappa shape index (κ3) is 8.47. The largest absolute Gasteiger partial charge is 0.208 e. The minimum absolute atomic E-state index is 0.456. The monoisotopic (exact) mass is 1380 g/mol. The highest BCUT2D eigenvalue weighted by molar-refractivity contribution is 7.20. The van der Waals surface area contributed by atoms with Crippen LogP contribution in [0.2, 0.25) is 0 Å². The summed E-state index contributed by atoms with van der Waals surface area (Å²) in [5.74, 6) is 3.65.